The maximum absolute atomic E-state index is 9.76. The fourth-order valence-corrected chi connectivity index (χ4v) is 0.416. The number of aldehydes is 1. The number of rotatable bonds is 4. The van der Waals surface area contributed by atoms with Gasteiger partial charge in [-0.15, -0.1) is 0 Å². The lowest BCUT2D eigenvalue weighted by Crippen LogP contribution is -2.40. The van der Waals surface area contributed by atoms with E-state index in [1.807, 2.05) is 0 Å². The van der Waals surface area contributed by atoms with Crippen LogP contribution in [-0.4, -0.2) is 51.6 Å². The summed E-state index contributed by atoms with van der Waals surface area (Å²) in [6.45, 7) is -0.688. The summed E-state index contributed by atoms with van der Waals surface area (Å²) in [7, 11) is 0. The van der Waals surface area contributed by atoms with Gasteiger partial charge in [-0.1, -0.05) is 0 Å². The number of hydrogen-bond acceptors (Lipinski definition) is 5. The molecule has 0 heterocycles. The summed E-state index contributed by atoms with van der Waals surface area (Å²) in [5, 5.41) is 34.1. The Labute approximate surface area is 57.5 Å². The summed E-state index contributed by atoms with van der Waals surface area (Å²) in [6.07, 6.45) is -4.63. The van der Waals surface area contributed by atoms with E-state index < -0.39 is 24.9 Å². The van der Waals surface area contributed by atoms with Gasteiger partial charge in [0, 0.05) is 0 Å². The summed E-state index contributed by atoms with van der Waals surface area (Å²) in [5.74, 6) is 0. The zero-order valence-corrected chi connectivity index (χ0v) is 5.21. The zero-order valence-electron chi connectivity index (χ0n) is 5.21. The van der Waals surface area contributed by atoms with Gasteiger partial charge >= 0.3 is 0 Å². The summed E-state index contributed by atoms with van der Waals surface area (Å²) >= 11 is 0. The van der Waals surface area contributed by atoms with Gasteiger partial charge in [-0.2, -0.15) is 0 Å². The molecule has 5 nitrogen and oxygen atoms in total. The third-order valence-corrected chi connectivity index (χ3v) is 1.07. The maximum atomic E-state index is 9.76. The first kappa shape index (κ1) is 9.51. The van der Waals surface area contributed by atoms with Gasteiger partial charge in [-0.25, -0.2) is 0 Å². The molecular weight excluding hydrogens is 145 g/mol. The Morgan fingerprint density at radius 1 is 1.30 bits per heavy atom. The first-order valence-electron chi connectivity index (χ1n) is 2.73. The molecule has 0 aliphatic rings. The van der Waals surface area contributed by atoms with Crippen molar-refractivity contribution in [3.63, 3.8) is 0 Å². The van der Waals surface area contributed by atoms with Crippen molar-refractivity contribution >= 4 is 6.29 Å². The lowest BCUT2D eigenvalue weighted by atomic mass is 11.1. The van der Waals surface area contributed by atoms with E-state index in [1.54, 1.807) is 0 Å². The van der Waals surface area contributed by atoms with Crippen LogP contribution in [0.5, 0.6) is 0 Å². The summed E-state index contributed by atoms with van der Waals surface area (Å²) in [4.78, 5) is 9.76. The van der Waals surface area contributed by atoms with Gasteiger partial charge in [0.25, 0.3) is 0 Å². The van der Waals surface area contributed by atoms with Gasteiger partial charge in [0.05, 0.1) is 6.61 Å². The smallest absolute Gasteiger partial charge is 0.151 e. The number of aliphatic hydroxyl groups is 4. The molecule has 0 fully saturated rings. The Morgan fingerprint density at radius 3 is 2.10 bits per heavy atom. The molecule has 10 heavy (non-hydrogen) atoms. The Bertz CT molecular complexity index is 104. The Morgan fingerprint density at radius 2 is 1.80 bits per heavy atom. The van der Waals surface area contributed by atoms with Crippen molar-refractivity contribution in [1.82, 2.24) is 0 Å². The average molecular weight is 155 g/mol. The number of hydrogen-bond donors (Lipinski definition) is 4. The van der Waals surface area contributed by atoms with E-state index in [0.717, 1.165) is 0 Å². The second-order valence-electron chi connectivity index (χ2n) is 1.87. The molecule has 0 amide bonds. The van der Waals surface area contributed by atoms with Crippen LogP contribution in [0.4, 0.5) is 0 Å². The first-order valence-corrected chi connectivity index (χ1v) is 2.73. The number of carbonyl (C=O) groups excluding carboxylic acids is 1. The van der Waals surface area contributed by atoms with E-state index in [2.05, 4.69) is 0 Å². The molecule has 0 saturated heterocycles. The maximum Gasteiger partial charge on any atom is 0.151 e. The molecule has 0 spiro atoms. The third kappa shape index (κ3) is 2.40. The Kier molecular flexibility index (Phi) is 4.13. The van der Waals surface area contributed by atoms with Crippen LogP contribution in [0.3, 0.4) is 0 Å². The molecule has 5 heteroatoms. The molecular formula is C5H10O5. The summed E-state index contributed by atoms with van der Waals surface area (Å²) < 4.78 is 0. The SMILES string of the molecule is O=[13CH][13C@H](O)[13C@@H](O)[13C@H](O)[13CH2]O. The predicted octanol–water partition coefficient (Wildman–Crippen LogP) is -2.74. The normalized spacial score (nSPS) is 19.6. The Hall–Kier alpha value is -0.490. The molecule has 0 aromatic heterocycles. The van der Waals surface area contributed by atoms with Crippen molar-refractivity contribution in [3.8, 4) is 0 Å². The van der Waals surface area contributed by atoms with Gasteiger partial charge in [-0.3, -0.25) is 0 Å². The van der Waals surface area contributed by atoms with Crippen molar-refractivity contribution in [2.75, 3.05) is 6.61 Å². The third-order valence-electron chi connectivity index (χ3n) is 1.07. The standard InChI is InChI=1S/C5H10O5/c6-1-3(8)5(10)4(9)2-7/h1,3-5,7-10H,2H2/t3-,4+,5+/m0/s1/i1+1,2+1,3+1,4+1,5+1. The lowest BCUT2D eigenvalue weighted by molar-refractivity contribution is -0.127. The second kappa shape index (κ2) is 4.35. The quantitative estimate of drug-likeness (QED) is 0.261. The van der Waals surface area contributed by atoms with E-state index in [9.17, 15) is 4.79 Å². The molecule has 0 aromatic carbocycles. The number of carbonyl (C=O) groups is 1. The fourth-order valence-electron chi connectivity index (χ4n) is 0.416. The molecule has 0 aliphatic carbocycles. The van der Waals surface area contributed by atoms with Crippen molar-refractivity contribution in [2.45, 2.75) is 18.3 Å². The summed E-state index contributed by atoms with van der Waals surface area (Å²) in [6, 6.07) is 0. The van der Waals surface area contributed by atoms with Crippen molar-refractivity contribution < 1.29 is 25.2 Å². The van der Waals surface area contributed by atoms with Crippen molar-refractivity contribution in [1.29, 1.82) is 0 Å². The van der Waals surface area contributed by atoms with E-state index in [-0.39, 0.29) is 6.29 Å². The predicted molar refractivity (Wildman–Crippen MR) is 31.2 cm³/mol. The minimum Gasteiger partial charge on any atom is -0.394 e. The topological polar surface area (TPSA) is 98.0 Å². The van der Waals surface area contributed by atoms with Gasteiger partial charge < -0.3 is 25.2 Å². The van der Waals surface area contributed by atoms with E-state index in [4.69, 9.17) is 20.4 Å². The van der Waals surface area contributed by atoms with Crippen molar-refractivity contribution in [3.05, 3.63) is 0 Å². The molecule has 0 unspecified atom stereocenters. The molecule has 60 valence electrons. The van der Waals surface area contributed by atoms with Gasteiger partial charge in [0.1, 0.15) is 18.3 Å². The molecule has 0 radical (unpaired) electrons. The fraction of sp³-hybridized carbons (Fsp3) is 0.800. The minimum atomic E-state index is -1.64. The van der Waals surface area contributed by atoms with Gasteiger partial charge in [0.15, 0.2) is 6.29 Å². The molecule has 4 N–H and O–H groups in total. The van der Waals surface area contributed by atoms with Crippen LogP contribution >= 0.6 is 0 Å². The van der Waals surface area contributed by atoms with Gasteiger partial charge in [-0.05, 0) is 0 Å². The monoisotopic (exact) mass is 155 g/mol. The van der Waals surface area contributed by atoms with Crippen LogP contribution in [0, 0.1) is 0 Å². The zero-order chi connectivity index (χ0) is 8.15. The molecule has 0 rings (SSSR count). The highest BCUT2D eigenvalue weighted by Crippen LogP contribution is 1.96. The number of aliphatic hydroxyl groups excluding tert-OH is 4. The van der Waals surface area contributed by atoms with Crippen LogP contribution in [0.25, 0.3) is 0 Å². The largest absolute Gasteiger partial charge is 0.394 e. The van der Waals surface area contributed by atoms with Crippen LogP contribution < -0.4 is 0 Å². The van der Waals surface area contributed by atoms with Crippen LogP contribution in [0.15, 0.2) is 0 Å². The van der Waals surface area contributed by atoms with Crippen molar-refractivity contribution in [2.24, 2.45) is 0 Å². The van der Waals surface area contributed by atoms with Crippen LogP contribution in [0.1, 0.15) is 0 Å². The van der Waals surface area contributed by atoms with Crippen LogP contribution in [0.2, 0.25) is 0 Å². The molecule has 0 aromatic rings. The summed E-state index contributed by atoms with van der Waals surface area (Å²) in [5.41, 5.74) is 0. The highest BCUT2D eigenvalue weighted by molar-refractivity contribution is 5.56. The van der Waals surface area contributed by atoms with E-state index in [0.29, 0.717) is 0 Å². The molecule has 3 atom stereocenters. The second-order valence-corrected chi connectivity index (χ2v) is 1.87. The van der Waals surface area contributed by atoms with Gasteiger partial charge in [0.2, 0.25) is 0 Å². The highest BCUT2D eigenvalue weighted by atomic mass is 16.5. The van der Waals surface area contributed by atoms with Crippen LogP contribution in [-0.2, 0) is 4.79 Å². The first-order chi connectivity index (χ1) is 4.63. The average Bonchev–Trinajstić information content (AvgIpc) is 2.00. The Balaban J connectivity index is 3.80. The van der Waals surface area contributed by atoms with E-state index in [1.165, 1.54) is 0 Å². The molecule has 0 aliphatic heterocycles. The van der Waals surface area contributed by atoms with E-state index >= 15 is 0 Å². The molecule has 0 saturated carbocycles. The highest BCUT2D eigenvalue weighted by Gasteiger charge is 2.22. The minimum absolute atomic E-state index is 0.0869. The molecule has 0 bridgehead atoms. The lowest BCUT2D eigenvalue weighted by Gasteiger charge is -2.16.